The minimum atomic E-state index is -0.883. The maximum atomic E-state index is 12.3. The third kappa shape index (κ3) is 1.69. The number of nitrogens with zero attached hydrogens (tertiary/aromatic N) is 1. The van der Waals surface area contributed by atoms with Crippen molar-refractivity contribution in [1.82, 2.24) is 4.90 Å². The van der Waals surface area contributed by atoms with Gasteiger partial charge in [-0.15, -0.1) is 0 Å². The number of methoxy groups -OCH3 is 1. The maximum absolute atomic E-state index is 12.3. The van der Waals surface area contributed by atoms with Gasteiger partial charge < -0.3 is 14.4 Å². The lowest BCUT2D eigenvalue weighted by Crippen LogP contribution is -2.55. The van der Waals surface area contributed by atoms with E-state index in [1.165, 1.54) is 7.11 Å². The molecule has 5 nitrogen and oxygen atoms in total. The molecule has 0 aromatic heterocycles. The summed E-state index contributed by atoms with van der Waals surface area (Å²) in [5.74, 6) is -0.454. The van der Waals surface area contributed by atoms with Crippen LogP contribution in [0, 0.1) is 5.41 Å². The van der Waals surface area contributed by atoms with Crippen molar-refractivity contribution in [2.45, 2.75) is 19.3 Å². The van der Waals surface area contributed by atoms with Gasteiger partial charge in [0.1, 0.15) is 5.41 Å². The Kier molecular flexibility index (Phi) is 3.14. The van der Waals surface area contributed by atoms with Crippen molar-refractivity contribution in [2.75, 3.05) is 33.4 Å². The van der Waals surface area contributed by atoms with Gasteiger partial charge in [-0.05, 0) is 12.8 Å². The van der Waals surface area contributed by atoms with Gasteiger partial charge in [-0.25, -0.2) is 0 Å². The first-order valence-corrected chi connectivity index (χ1v) is 5.66. The van der Waals surface area contributed by atoms with E-state index in [1.807, 2.05) is 0 Å². The van der Waals surface area contributed by atoms with Crippen molar-refractivity contribution in [3.05, 3.63) is 0 Å². The number of ether oxygens (including phenoxy) is 2. The van der Waals surface area contributed by atoms with Crippen LogP contribution in [0.25, 0.3) is 0 Å². The van der Waals surface area contributed by atoms with Gasteiger partial charge in [0, 0.05) is 13.1 Å². The first-order chi connectivity index (χ1) is 7.70. The SMILES string of the molecule is COC(=O)C1(C(=O)N2CCOCC2)CCC1. The summed E-state index contributed by atoms with van der Waals surface area (Å²) in [6, 6.07) is 0. The van der Waals surface area contributed by atoms with E-state index in [9.17, 15) is 9.59 Å². The van der Waals surface area contributed by atoms with Crippen LogP contribution in [0.5, 0.6) is 0 Å². The normalized spacial score (nSPS) is 23.4. The minimum Gasteiger partial charge on any atom is -0.468 e. The monoisotopic (exact) mass is 227 g/mol. The molecule has 0 N–H and O–H groups in total. The predicted octanol–water partition coefficient (Wildman–Crippen LogP) is 0.188. The topological polar surface area (TPSA) is 55.8 Å². The maximum Gasteiger partial charge on any atom is 0.321 e. The van der Waals surface area contributed by atoms with Gasteiger partial charge in [0.05, 0.1) is 20.3 Å². The smallest absolute Gasteiger partial charge is 0.321 e. The van der Waals surface area contributed by atoms with Crippen molar-refractivity contribution < 1.29 is 19.1 Å². The van der Waals surface area contributed by atoms with Crippen LogP contribution in [0.1, 0.15) is 19.3 Å². The van der Waals surface area contributed by atoms with E-state index >= 15 is 0 Å². The average Bonchev–Trinajstić information content (AvgIpc) is 2.28. The highest BCUT2D eigenvalue weighted by molar-refractivity contribution is 6.03. The first kappa shape index (κ1) is 11.4. The van der Waals surface area contributed by atoms with Gasteiger partial charge in [0.15, 0.2) is 0 Å². The van der Waals surface area contributed by atoms with E-state index in [-0.39, 0.29) is 11.9 Å². The van der Waals surface area contributed by atoms with Gasteiger partial charge in [-0.2, -0.15) is 0 Å². The van der Waals surface area contributed by atoms with Crippen molar-refractivity contribution in [2.24, 2.45) is 5.41 Å². The molecule has 0 bridgehead atoms. The molecule has 1 heterocycles. The number of carbonyl (C=O) groups is 2. The molecule has 2 aliphatic rings. The van der Waals surface area contributed by atoms with Crippen LogP contribution in [0.15, 0.2) is 0 Å². The Morgan fingerprint density at radius 1 is 1.25 bits per heavy atom. The lowest BCUT2D eigenvalue weighted by Gasteiger charge is -2.41. The highest BCUT2D eigenvalue weighted by atomic mass is 16.5. The van der Waals surface area contributed by atoms with Crippen LogP contribution in [-0.4, -0.2) is 50.2 Å². The van der Waals surface area contributed by atoms with Crippen LogP contribution in [0.4, 0.5) is 0 Å². The number of rotatable bonds is 2. The fourth-order valence-electron chi connectivity index (χ4n) is 2.30. The lowest BCUT2D eigenvalue weighted by atomic mass is 9.67. The van der Waals surface area contributed by atoms with E-state index in [0.29, 0.717) is 39.1 Å². The molecule has 1 saturated carbocycles. The van der Waals surface area contributed by atoms with Crippen molar-refractivity contribution in [1.29, 1.82) is 0 Å². The van der Waals surface area contributed by atoms with E-state index in [1.54, 1.807) is 4.90 Å². The van der Waals surface area contributed by atoms with Crippen LogP contribution < -0.4 is 0 Å². The molecule has 1 aliphatic heterocycles. The van der Waals surface area contributed by atoms with Crippen LogP contribution in [0.2, 0.25) is 0 Å². The number of hydrogen-bond acceptors (Lipinski definition) is 4. The molecule has 2 rings (SSSR count). The molecule has 0 aromatic rings. The summed E-state index contributed by atoms with van der Waals surface area (Å²) in [7, 11) is 1.34. The Bertz CT molecular complexity index is 292. The highest BCUT2D eigenvalue weighted by Gasteiger charge is 2.53. The fraction of sp³-hybridized carbons (Fsp3) is 0.818. The van der Waals surface area contributed by atoms with Gasteiger partial charge >= 0.3 is 5.97 Å². The number of amides is 1. The molecule has 0 atom stereocenters. The van der Waals surface area contributed by atoms with Crippen LogP contribution in [-0.2, 0) is 19.1 Å². The second-order valence-electron chi connectivity index (χ2n) is 4.33. The van der Waals surface area contributed by atoms with Gasteiger partial charge in [0.25, 0.3) is 0 Å². The van der Waals surface area contributed by atoms with E-state index < -0.39 is 5.41 Å². The third-order valence-corrected chi connectivity index (χ3v) is 3.49. The number of carbonyl (C=O) groups excluding carboxylic acids is 2. The van der Waals surface area contributed by atoms with Crippen molar-refractivity contribution in [3.63, 3.8) is 0 Å². The summed E-state index contributed by atoms with van der Waals surface area (Å²) in [6.07, 6.45) is 2.16. The molecule has 16 heavy (non-hydrogen) atoms. The number of hydrogen-bond donors (Lipinski definition) is 0. The van der Waals surface area contributed by atoms with Crippen molar-refractivity contribution in [3.8, 4) is 0 Å². The first-order valence-electron chi connectivity index (χ1n) is 5.66. The molecule has 0 aromatic carbocycles. The summed E-state index contributed by atoms with van der Waals surface area (Å²) in [4.78, 5) is 25.7. The molecule has 5 heteroatoms. The third-order valence-electron chi connectivity index (χ3n) is 3.49. The largest absolute Gasteiger partial charge is 0.468 e. The average molecular weight is 227 g/mol. The van der Waals surface area contributed by atoms with E-state index in [0.717, 1.165) is 6.42 Å². The second-order valence-corrected chi connectivity index (χ2v) is 4.33. The van der Waals surface area contributed by atoms with Crippen LogP contribution in [0.3, 0.4) is 0 Å². The molecule has 0 spiro atoms. The zero-order valence-corrected chi connectivity index (χ0v) is 9.53. The predicted molar refractivity (Wildman–Crippen MR) is 55.7 cm³/mol. The van der Waals surface area contributed by atoms with Gasteiger partial charge in [0.2, 0.25) is 5.91 Å². The zero-order valence-electron chi connectivity index (χ0n) is 9.53. The van der Waals surface area contributed by atoms with Crippen molar-refractivity contribution >= 4 is 11.9 Å². The molecule has 1 saturated heterocycles. The summed E-state index contributed by atoms with van der Waals surface area (Å²) < 4.78 is 9.94. The molecule has 1 amide bonds. The summed E-state index contributed by atoms with van der Waals surface area (Å²) in [5, 5.41) is 0. The number of morpholine rings is 1. The highest BCUT2D eigenvalue weighted by Crippen LogP contribution is 2.43. The van der Waals surface area contributed by atoms with Crippen LogP contribution >= 0.6 is 0 Å². The zero-order chi connectivity index (χ0) is 11.6. The Hall–Kier alpha value is -1.10. The lowest BCUT2D eigenvalue weighted by molar-refractivity contribution is -0.172. The molecule has 90 valence electrons. The Morgan fingerprint density at radius 2 is 1.88 bits per heavy atom. The Labute approximate surface area is 94.7 Å². The Balaban J connectivity index is 2.08. The molecule has 1 aliphatic carbocycles. The second kappa shape index (κ2) is 4.41. The Morgan fingerprint density at radius 3 is 2.31 bits per heavy atom. The minimum absolute atomic E-state index is 0.0751. The van der Waals surface area contributed by atoms with Gasteiger partial charge in [-0.3, -0.25) is 9.59 Å². The summed E-state index contributed by atoms with van der Waals surface area (Å²) in [5.41, 5.74) is -0.883. The van der Waals surface area contributed by atoms with E-state index in [2.05, 4.69) is 0 Å². The quantitative estimate of drug-likeness (QED) is 0.499. The molecule has 0 unspecified atom stereocenters. The van der Waals surface area contributed by atoms with Gasteiger partial charge in [-0.1, -0.05) is 6.42 Å². The number of esters is 1. The van der Waals surface area contributed by atoms with E-state index in [4.69, 9.17) is 9.47 Å². The molecule has 2 fully saturated rings. The molecular formula is C11H17NO4. The fourth-order valence-corrected chi connectivity index (χ4v) is 2.30. The standard InChI is InChI=1S/C11H17NO4/c1-15-10(14)11(3-2-4-11)9(13)12-5-7-16-8-6-12/h2-8H2,1H3. The summed E-state index contributed by atoms with van der Waals surface area (Å²) >= 11 is 0. The molecular weight excluding hydrogens is 210 g/mol. The summed E-state index contributed by atoms with van der Waals surface area (Å²) in [6.45, 7) is 2.28. The molecule has 0 radical (unpaired) electrons.